The summed E-state index contributed by atoms with van der Waals surface area (Å²) in [6, 6.07) is 7.17. The van der Waals surface area contributed by atoms with Crippen molar-refractivity contribution in [1.29, 1.82) is 0 Å². The van der Waals surface area contributed by atoms with Crippen LogP contribution in [-0.4, -0.2) is 18.8 Å². The zero-order chi connectivity index (χ0) is 14.9. The third-order valence-corrected chi connectivity index (χ3v) is 5.54. The average molecular weight is 287 g/mol. The Hall–Kier alpha value is -0.860. The maximum Gasteiger partial charge on any atom is 0.0686 e. The second-order valence-electron chi connectivity index (χ2n) is 6.98. The van der Waals surface area contributed by atoms with E-state index in [2.05, 4.69) is 44.3 Å². The summed E-state index contributed by atoms with van der Waals surface area (Å²) in [5.74, 6) is 0.707. The van der Waals surface area contributed by atoms with E-state index in [0.29, 0.717) is 12.0 Å². The molecule has 2 unspecified atom stereocenters. The van der Waals surface area contributed by atoms with Gasteiger partial charge in [0, 0.05) is 12.6 Å². The maximum atomic E-state index is 6.13. The van der Waals surface area contributed by atoms with Crippen LogP contribution in [0.25, 0.3) is 0 Å². The molecular formula is C19H29NO. The highest BCUT2D eigenvalue weighted by atomic mass is 16.5. The first-order valence-electron chi connectivity index (χ1n) is 8.59. The lowest BCUT2D eigenvalue weighted by atomic mass is 9.69. The van der Waals surface area contributed by atoms with Gasteiger partial charge in [0.2, 0.25) is 0 Å². The maximum absolute atomic E-state index is 6.13. The second-order valence-corrected chi connectivity index (χ2v) is 6.98. The van der Waals surface area contributed by atoms with Gasteiger partial charge in [-0.25, -0.2) is 0 Å². The van der Waals surface area contributed by atoms with Gasteiger partial charge >= 0.3 is 0 Å². The third-order valence-electron chi connectivity index (χ3n) is 5.54. The number of rotatable bonds is 4. The van der Waals surface area contributed by atoms with E-state index < -0.39 is 0 Å². The third kappa shape index (κ3) is 2.89. The number of nitrogens with one attached hydrogen (secondary N) is 1. The Morgan fingerprint density at radius 1 is 1.29 bits per heavy atom. The van der Waals surface area contributed by atoms with Crippen LogP contribution in [0.2, 0.25) is 0 Å². The molecule has 1 saturated heterocycles. The van der Waals surface area contributed by atoms with Gasteiger partial charge in [-0.3, -0.25) is 0 Å². The van der Waals surface area contributed by atoms with Gasteiger partial charge in [0.15, 0.2) is 0 Å². The molecular weight excluding hydrogens is 258 g/mol. The first-order valence-corrected chi connectivity index (χ1v) is 8.59. The Bertz CT molecular complexity index is 472. The predicted molar refractivity (Wildman–Crippen MR) is 87.6 cm³/mol. The topological polar surface area (TPSA) is 21.3 Å². The molecule has 3 rings (SSSR count). The summed E-state index contributed by atoms with van der Waals surface area (Å²) >= 11 is 0. The lowest BCUT2D eigenvalue weighted by Crippen LogP contribution is -2.48. The van der Waals surface area contributed by atoms with Crippen molar-refractivity contribution >= 4 is 0 Å². The van der Waals surface area contributed by atoms with Gasteiger partial charge < -0.3 is 10.1 Å². The minimum atomic E-state index is 0.229. The number of hydrogen-bond donors (Lipinski definition) is 1. The van der Waals surface area contributed by atoms with Gasteiger partial charge in [-0.1, -0.05) is 25.1 Å². The normalized spacial score (nSPS) is 25.6. The molecule has 1 spiro atoms. The molecule has 1 aromatic rings. The molecule has 0 bridgehead atoms. The molecule has 1 aliphatic carbocycles. The highest BCUT2D eigenvalue weighted by Gasteiger charge is 2.44. The van der Waals surface area contributed by atoms with Crippen LogP contribution in [0, 0.1) is 19.8 Å². The largest absolute Gasteiger partial charge is 0.375 e. The fraction of sp³-hybridized carbons (Fsp3) is 0.684. The summed E-state index contributed by atoms with van der Waals surface area (Å²) in [5, 5.41) is 3.78. The molecule has 0 aromatic heterocycles. The summed E-state index contributed by atoms with van der Waals surface area (Å²) in [6.45, 7) is 8.70. The summed E-state index contributed by atoms with van der Waals surface area (Å²) in [6.07, 6.45) is 6.32. The standard InChI is InChI=1S/C19H29NO/c1-4-20-18(17-14(2)7-5-8-15(17)3)16-9-12-21-19(13-16)10-6-11-19/h5,7-8,16,18,20H,4,6,9-13H2,1-3H3. The van der Waals surface area contributed by atoms with Crippen molar-refractivity contribution in [3.8, 4) is 0 Å². The minimum Gasteiger partial charge on any atom is -0.375 e. The molecule has 2 heteroatoms. The van der Waals surface area contributed by atoms with Gasteiger partial charge in [0.1, 0.15) is 0 Å². The Morgan fingerprint density at radius 3 is 2.57 bits per heavy atom. The zero-order valence-corrected chi connectivity index (χ0v) is 13.7. The second kappa shape index (κ2) is 6.10. The Balaban J connectivity index is 1.87. The van der Waals surface area contributed by atoms with Crippen molar-refractivity contribution in [2.75, 3.05) is 13.2 Å². The predicted octanol–water partition coefficient (Wildman–Crippen LogP) is 4.30. The van der Waals surface area contributed by atoms with Crippen LogP contribution in [0.1, 0.15) is 61.8 Å². The highest BCUT2D eigenvalue weighted by molar-refractivity contribution is 5.36. The molecule has 0 amide bonds. The summed E-state index contributed by atoms with van der Waals surface area (Å²) in [7, 11) is 0. The molecule has 0 radical (unpaired) electrons. The first-order chi connectivity index (χ1) is 10.2. The fourth-order valence-corrected chi connectivity index (χ4v) is 4.31. The van der Waals surface area contributed by atoms with Crippen molar-refractivity contribution in [1.82, 2.24) is 5.32 Å². The van der Waals surface area contributed by atoms with E-state index in [9.17, 15) is 0 Å². The van der Waals surface area contributed by atoms with E-state index in [0.717, 1.165) is 13.2 Å². The summed E-state index contributed by atoms with van der Waals surface area (Å²) < 4.78 is 6.13. The molecule has 2 atom stereocenters. The molecule has 2 fully saturated rings. The average Bonchev–Trinajstić information content (AvgIpc) is 2.44. The van der Waals surface area contributed by atoms with Crippen LogP contribution in [-0.2, 0) is 4.74 Å². The van der Waals surface area contributed by atoms with Crippen molar-refractivity contribution in [3.05, 3.63) is 34.9 Å². The smallest absolute Gasteiger partial charge is 0.0686 e. The molecule has 1 aromatic carbocycles. The van der Waals surface area contributed by atoms with E-state index >= 15 is 0 Å². The van der Waals surface area contributed by atoms with E-state index in [4.69, 9.17) is 4.74 Å². The monoisotopic (exact) mass is 287 g/mol. The quantitative estimate of drug-likeness (QED) is 0.891. The number of hydrogen-bond acceptors (Lipinski definition) is 2. The fourth-order valence-electron chi connectivity index (χ4n) is 4.31. The summed E-state index contributed by atoms with van der Waals surface area (Å²) in [5.41, 5.74) is 4.61. The van der Waals surface area contributed by atoms with Crippen molar-refractivity contribution in [2.24, 2.45) is 5.92 Å². The van der Waals surface area contributed by atoms with E-state index in [1.165, 1.54) is 48.8 Å². The molecule has 116 valence electrons. The number of ether oxygens (including phenoxy) is 1. The number of aryl methyl sites for hydroxylation is 2. The first kappa shape index (κ1) is 15.1. The Kier molecular flexibility index (Phi) is 4.37. The van der Waals surface area contributed by atoms with Gasteiger partial charge in [-0.05, 0) is 75.1 Å². The van der Waals surface area contributed by atoms with Gasteiger partial charge in [-0.2, -0.15) is 0 Å². The molecule has 1 N–H and O–H groups in total. The van der Waals surface area contributed by atoms with Crippen molar-refractivity contribution < 1.29 is 4.74 Å². The van der Waals surface area contributed by atoms with Crippen LogP contribution >= 0.6 is 0 Å². The zero-order valence-electron chi connectivity index (χ0n) is 13.7. The van der Waals surface area contributed by atoms with Crippen LogP contribution in [0.3, 0.4) is 0 Å². The van der Waals surface area contributed by atoms with E-state index in [-0.39, 0.29) is 5.60 Å². The van der Waals surface area contributed by atoms with Crippen molar-refractivity contribution in [2.45, 2.75) is 64.5 Å². The van der Waals surface area contributed by atoms with Crippen LogP contribution < -0.4 is 5.32 Å². The molecule has 1 saturated carbocycles. The lowest BCUT2D eigenvalue weighted by Gasteiger charge is -2.49. The van der Waals surface area contributed by atoms with Gasteiger partial charge in [0.25, 0.3) is 0 Å². The van der Waals surface area contributed by atoms with E-state index in [1.807, 2.05) is 0 Å². The highest BCUT2D eigenvalue weighted by Crippen LogP contribution is 2.47. The van der Waals surface area contributed by atoms with Crippen LogP contribution in [0.15, 0.2) is 18.2 Å². The van der Waals surface area contributed by atoms with Crippen LogP contribution in [0.4, 0.5) is 0 Å². The lowest BCUT2D eigenvalue weighted by molar-refractivity contribution is -0.147. The molecule has 1 heterocycles. The summed E-state index contributed by atoms with van der Waals surface area (Å²) in [4.78, 5) is 0. The molecule has 1 aliphatic heterocycles. The Labute approximate surface area is 129 Å². The number of benzene rings is 1. The molecule has 21 heavy (non-hydrogen) atoms. The molecule has 2 nitrogen and oxygen atoms in total. The molecule has 2 aliphatic rings. The van der Waals surface area contributed by atoms with Crippen LogP contribution in [0.5, 0.6) is 0 Å². The minimum absolute atomic E-state index is 0.229. The van der Waals surface area contributed by atoms with Crippen molar-refractivity contribution in [3.63, 3.8) is 0 Å². The van der Waals surface area contributed by atoms with Gasteiger partial charge in [-0.15, -0.1) is 0 Å². The Morgan fingerprint density at radius 2 is 2.00 bits per heavy atom. The van der Waals surface area contributed by atoms with Gasteiger partial charge in [0.05, 0.1) is 5.60 Å². The SMILES string of the molecule is CCNC(c1c(C)cccc1C)C1CCOC2(CCC2)C1. The van der Waals surface area contributed by atoms with E-state index in [1.54, 1.807) is 0 Å².